The molecule has 23 nitrogen and oxygen atoms in total. The lowest BCUT2D eigenvalue weighted by Gasteiger charge is -2.30. The topological polar surface area (TPSA) is 347 Å². The first-order valence-electron chi connectivity index (χ1n) is 13.7. The van der Waals surface area contributed by atoms with Crippen molar-refractivity contribution in [3.8, 4) is 0 Å². The number of anilines is 1. The third-order valence-corrected chi connectivity index (χ3v) is 9.83. The molecule has 27 heteroatoms. The summed E-state index contributed by atoms with van der Waals surface area (Å²) >= 11 is 3.95. The molecule has 2 aromatic heterocycles. The number of hydrogen-bond donors (Lipinski definition) is 10. The van der Waals surface area contributed by atoms with E-state index < -0.39 is 78.6 Å². The van der Waals surface area contributed by atoms with E-state index in [9.17, 15) is 53.1 Å². The van der Waals surface area contributed by atoms with Gasteiger partial charge in [-0.1, -0.05) is 13.8 Å². The van der Waals surface area contributed by atoms with E-state index >= 15 is 0 Å². The Morgan fingerprint density at radius 2 is 1.77 bits per heavy atom. The first-order chi connectivity index (χ1) is 22.2. The lowest BCUT2D eigenvalue weighted by molar-refractivity contribution is -0.137. The minimum Gasteiger partial charge on any atom is -0.386 e. The number of nitrogens with two attached hydrogens (primary N) is 1. The fraction of sp³-hybridized carbons (Fsp3) is 0.667. The lowest BCUT2D eigenvalue weighted by Crippen LogP contribution is -2.46. The van der Waals surface area contributed by atoms with Crippen LogP contribution >= 0.6 is 36.1 Å². The molecule has 0 spiro atoms. The van der Waals surface area contributed by atoms with Gasteiger partial charge in [0.15, 0.2) is 17.7 Å². The average Bonchev–Trinajstić information content (AvgIpc) is 3.54. The number of ether oxygens (including phenoxy) is 1. The Morgan fingerprint density at radius 1 is 1.10 bits per heavy atom. The second-order valence-electron chi connectivity index (χ2n) is 10.8. The van der Waals surface area contributed by atoms with Crippen LogP contribution < -0.4 is 16.4 Å². The number of imidazole rings is 1. The third-order valence-electron chi connectivity index (χ3n) is 6.51. The van der Waals surface area contributed by atoms with Gasteiger partial charge in [0.05, 0.1) is 19.5 Å². The van der Waals surface area contributed by atoms with E-state index in [4.69, 9.17) is 19.5 Å². The van der Waals surface area contributed by atoms with Crippen molar-refractivity contribution in [3.63, 3.8) is 0 Å². The van der Waals surface area contributed by atoms with Crippen molar-refractivity contribution in [2.75, 3.05) is 37.8 Å². The molecular formula is C21H36N7O16P3S. The number of carbonyl (C=O) groups excluding carboxylic acids is 2. The Labute approximate surface area is 277 Å². The van der Waals surface area contributed by atoms with Crippen LogP contribution in [-0.2, 0) is 45.9 Å². The van der Waals surface area contributed by atoms with Crippen LogP contribution in [0.2, 0.25) is 0 Å². The van der Waals surface area contributed by atoms with Gasteiger partial charge in [-0.2, -0.15) is 16.9 Å². The average molecular weight is 768 g/mol. The van der Waals surface area contributed by atoms with Crippen LogP contribution in [0.4, 0.5) is 5.82 Å². The number of nitrogen functional groups attached to an aromatic ring is 1. The molecule has 0 saturated carbocycles. The van der Waals surface area contributed by atoms with Crippen molar-refractivity contribution < 1.29 is 75.7 Å². The molecule has 2 amide bonds. The number of thiol groups is 1. The molecule has 1 saturated heterocycles. The van der Waals surface area contributed by atoms with Crippen LogP contribution in [0.3, 0.4) is 0 Å². The summed E-state index contributed by atoms with van der Waals surface area (Å²) in [7, 11) is -16.3. The van der Waals surface area contributed by atoms with E-state index in [1.807, 2.05) is 0 Å². The van der Waals surface area contributed by atoms with Gasteiger partial charge in [-0.15, -0.1) is 0 Å². The Bertz CT molecular complexity index is 1590. The van der Waals surface area contributed by atoms with Crippen LogP contribution in [0.25, 0.3) is 11.2 Å². The van der Waals surface area contributed by atoms with Crippen molar-refractivity contribution in [1.82, 2.24) is 30.2 Å². The summed E-state index contributed by atoms with van der Waals surface area (Å²) in [6.45, 7) is 0.723. The number of phosphoric ester groups is 3. The molecule has 4 unspecified atom stereocenters. The summed E-state index contributed by atoms with van der Waals surface area (Å²) < 4.78 is 61.7. The van der Waals surface area contributed by atoms with Gasteiger partial charge >= 0.3 is 23.5 Å². The highest BCUT2D eigenvalue weighted by molar-refractivity contribution is 7.80. The molecule has 0 aliphatic carbocycles. The number of hydrogen-bond acceptors (Lipinski definition) is 17. The zero-order valence-corrected chi connectivity index (χ0v) is 28.8. The standard InChI is InChI=1S/C21H36N7O16P3S/c1-21(2,16(31)19(32)24-4-3-12(29)23-5-6-48)8-41-47(38,39)44-46(36,37)40-7-11-15(43-45(33,34)35)14(30)20(42-11)28-10-27-13-17(22)25-9-26-18(13)28/h9-11,14-16,20,30-31,48H,3-8H2,1-2H3,(H,23,29)(H,24,32)(H,36,37)(H,38,39)(H2,22,25,26)(H2,33,34,35)/t11?,14-,15-,16?,20-/m1/s1. The van der Waals surface area contributed by atoms with Gasteiger partial charge in [0, 0.05) is 30.7 Å². The van der Waals surface area contributed by atoms with Crippen molar-refractivity contribution in [3.05, 3.63) is 12.7 Å². The van der Waals surface area contributed by atoms with Crippen molar-refractivity contribution in [1.29, 1.82) is 0 Å². The lowest BCUT2D eigenvalue weighted by atomic mass is 9.87. The van der Waals surface area contributed by atoms with E-state index in [-0.39, 0.29) is 35.9 Å². The highest BCUT2D eigenvalue weighted by Crippen LogP contribution is 2.61. The fourth-order valence-corrected chi connectivity index (χ4v) is 7.08. The smallest absolute Gasteiger partial charge is 0.386 e. The fourth-order valence-electron chi connectivity index (χ4n) is 4.14. The molecule has 1 aliphatic heterocycles. The molecule has 0 aromatic carbocycles. The molecule has 10 N–H and O–H groups in total. The number of aliphatic hydroxyl groups excluding tert-OH is 2. The van der Waals surface area contributed by atoms with Gasteiger partial charge in [-0.3, -0.25) is 27.7 Å². The molecule has 2 aromatic rings. The molecule has 0 bridgehead atoms. The molecule has 3 rings (SSSR count). The maximum absolute atomic E-state index is 12.6. The quantitative estimate of drug-likeness (QED) is 0.0599. The third kappa shape index (κ3) is 11.2. The van der Waals surface area contributed by atoms with Gasteiger partial charge in [-0.25, -0.2) is 28.6 Å². The number of amides is 2. The Hall–Kier alpha value is -2.11. The molecule has 1 aliphatic rings. The first kappa shape index (κ1) is 40.3. The van der Waals surface area contributed by atoms with Crippen LogP contribution in [0.5, 0.6) is 0 Å². The zero-order chi connectivity index (χ0) is 36.1. The van der Waals surface area contributed by atoms with Crippen molar-refractivity contribution >= 4 is 64.9 Å². The van der Waals surface area contributed by atoms with Gasteiger partial charge in [0.25, 0.3) is 0 Å². The molecular weight excluding hydrogens is 731 g/mol. The summed E-state index contributed by atoms with van der Waals surface area (Å²) in [4.78, 5) is 74.6. The van der Waals surface area contributed by atoms with E-state index in [0.29, 0.717) is 12.3 Å². The summed E-state index contributed by atoms with van der Waals surface area (Å²) in [5.74, 6) is -0.943. The number of phosphoric acid groups is 3. The molecule has 272 valence electrons. The highest BCUT2D eigenvalue weighted by atomic mass is 32.1. The predicted molar refractivity (Wildman–Crippen MR) is 163 cm³/mol. The Morgan fingerprint density at radius 3 is 2.42 bits per heavy atom. The SMILES string of the molecule is CC(C)(COP(=O)(O)OP(=O)(O)OCC1O[C@@H](n2cnc3c(N)ncnc32)[C@H](O)[C@@H]1OP(=O)(O)O)C(O)C(=O)NCCC(=O)NCCS. The predicted octanol–water partition coefficient (Wildman–Crippen LogP) is -1.67. The number of nitrogens with one attached hydrogen (secondary N) is 2. The van der Waals surface area contributed by atoms with E-state index in [0.717, 1.165) is 17.2 Å². The maximum Gasteiger partial charge on any atom is 0.481 e. The van der Waals surface area contributed by atoms with E-state index in [1.54, 1.807) is 0 Å². The van der Waals surface area contributed by atoms with Gasteiger partial charge < -0.3 is 50.9 Å². The van der Waals surface area contributed by atoms with E-state index in [2.05, 4.69) is 47.0 Å². The Balaban J connectivity index is 1.61. The van der Waals surface area contributed by atoms with Crippen LogP contribution in [0.1, 0.15) is 26.5 Å². The minimum atomic E-state index is -5.54. The number of fused-ring (bicyclic) bond motifs is 1. The molecule has 48 heavy (non-hydrogen) atoms. The van der Waals surface area contributed by atoms with Crippen LogP contribution in [0, 0.1) is 5.41 Å². The van der Waals surface area contributed by atoms with Gasteiger partial charge in [-0.05, 0) is 0 Å². The second kappa shape index (κ2) is 16.3. The van der Waals surface area contributed by atoms with Crippen molar-refractivity contribution in [2.24, 2.45) is 5.41 Å². The molecule has 0 radical (unpaired) electrons. The Kier molecular flexibility index (Phi) is 13.7. The number of nitrogens with zero attached hydrogens (tertiary/aromatic N) is 4. The van der Waals surface area contributed by atoms with Crippen LogP contribution in [0.15, 0.2) is 12.7 Å². The zero-order valence-electron chi connectivity index (χ0n) is 25.2. The summed E-state index contributed by atoms with van der Waals surface area (Å²) in [5.41, 5.74) is 4.30. The first-order valence-corrected chi connectivity index (χ1v) is 18.8. The molecule has 1 fully saturated rings. The maximum atomic E-state index is 12.6. The van der Waals surface area contributed by atoms with Gasteiger partial charge in [0.1, 0.15) is 36.3 Å². The second-order valence-corrected chi connectivity index (χ2v) is 15.5. The largest absolute Gasteiger partial charge is 0.481 e. The minimum absolute atomic E-state index is 0.0363. The van der Waals surface area contributed by atoms with Crippen LogP contribution in [-0.4, -0.2) is 118 Å². The van der Waals surface area contributed by atoms with Crippen molar-refractivity contribution in [2.45, 2.75) is 50.9 Å². The summed E-state index contributed by atoms with van der Waals surface area (Å²) in [6, 6.07) is 0. The number of aromatic nitrogens is 4. The highest BCUT2D eigenvalue weighted by Gasteiger charge is 2.50. The monoisotopic (exact) mass is 767 g/mol. The summed E-state index contributed by atoms with van der Waals surface area (Å²) in [5, 5.41) is 26.1. The number of aliphatic hydroxyl groups is 2. The summed E-state index contributed by atoms with van der Waals surface area (Å²) in [6.07, 6.45) is -6.74. The normalized spacial score (nSPS) is 23.4. The van der Waals surface area contributed by atoms with Gasteiger partial charge in [0.2, 0.25) is 11.8 Å². The molecule has 7 atom stereocenters. The molecule has 3 heterocycles. The number of carbonyl (C=O) groups is 2. The number of rotatable bonds is 18. The van der Waals surface area contributed by atoms with E-state index in [1.165, 1.54) is 13.8 Å².